The lowest BCUT2D eigenvalue weighted by Crippen LogP contribution is -2.41. The average Bonchev–Trinajstić information content (AvgIpc) is 2.83. The fraction of sp³-hybridized carbons (Fsp3) is 0.381. The van der Waals surface area contributed by atoms with Crippen LogP contribution in [-0.2, 0) is 27.3 Å². The lowest BCUT2D eigenvalue weighted by molar-refractivity contribution is 0.00578. The van der Waals surface area contributed by atoms with Crippen molar-refractivity contribution >= 4 is 25.0 Å². The molecule has 4 nitrogen and oxygen atoms in total. The molecule has 1 aliphatic heterocycles. The smallest absolute Gasteiger partial charge is 0.399 e. The fourth-order valence-corrected chi connectivity index (χ4v) is 2.85. The summed E-state index contributed by atoms with van der Waals surface area (Å²) in [7, 11) is -0.397. The van der Waals surface area contributed by atoms with Crippen molar-refractivity contribution in [1.82, 2.24) is 0 Å². The Balaban J connectivity index is 1.74. The second kappa shape index (κ2) is 7.35. The van der Waals surface area contributed by atoms with Gasteiger partial charge in [0.15, 0.2) is 0 Å². The topological polar surface area (TPSA) is 40.0 Å². The predicted molar refractivity (Wildman–Crippen MR) is 106 cm³/mol. The van der Waals surface area contributed by atoms with Crippen LogP contribution in [0.2, 0.25) is 0 Å². The van der Waals surface area contributed by atoms with E-state index in [-0.39, 0.29) is 11.2 Å². The summed E-state index contributed by atoms with van der Waals surface area (Å²) in [6.45, 7) is 12.9. The maximum absolute atomic E-state index is 6.14. The lowest BCUT2D eigenvalue weighted by Gasteiger charge is -2.32. The molecule has 0 amide bonds. The summed E-state index contributed by atoms with van der Waals surface area (Å²) >= 11 is 0. The van der Waals surface area contributed by atoms with E-state index < -0.39 is 7.12 Å². The van der Waals surface area contributed by atoms with E-state index in [1.54, 1.807) is 0 Å². The normalized spacial score (nSPS) is 18.1. The van der Waals surface area contributed by atoms with Crippen LogP contribution in [0.5, 0.6) is 0 Å². The molecular weight excluding hydrogens is 325 g/mol. The van der Waals surface area contributed by atoms with Gasteiger partial charge in [0.05, 0.1) is 30.1 Å². The van der Waals surface area contributed by atoms with Gasteiger partial charge in [-0.2, -0.15) is 0 Å². The minimum Gasteiger partial charge on any atom is -0.399 e. The molecule has 1 fully saturated rings. The molecule has 26 heavy (non-hydrogen) atoms. The molecule has 1 heterocycles. The zero-order valence-electron chi connectivity index (χ0n) is 16.0. The zero-order chi connectivity index (χ0) is 18.8. The maximum Gasteiger partial charge on any atom is 0.494 e. The van der Waals surface area contributed by atoms with Crippen molar-refractivity contribution in [3.8, 4) is 0 Å². The van der Waals surface area contributed by atoms with Crippen LogP contribution < -0.4 is 5.46 Å². The van der Waals surface area contributed by atoms with Crippen LogP contribution >= 0.6 is 0 Å². The summed E-state index contributed by atoms with van der Waals surface area (Å²) in [6, 6.07) is 16.1. The molecule has 3 rings (SSSR count). The second-order valence-electron chi connectivity index (χ2n) is 7.61. The highest BCUT2D eigenvalue weighted by atomic mass is 16.7. The SMILES string of the molecule is C=Nc1ccc(B2OC(C)(C)C(C)(C)O2)cc1COCc1ccccc1. The molecule has 0 bridgehead atoms. The van der Waals surface area contributed by atoms with Gasteiger partial charge in [-0.1, -0.05) is 42.5 Å². The van der Waals surface area contributed by atoms with Crippen LogP contribution in [0.25, 0.3) is 0 Å². The average molecular weight is 351 g/mol. The number of benzene rings is 2. The van der Waals surface area contributed by atoms with E-state index in [0.29, 0.717) is 13.2 Å². The Labute approximate surface area is 156 Å². The second-order valence-corrected chi connectivity index (χ2v) is 7.61. The Morgan fingerprint density at radius 1 is 0.962 bits per heavy atom. The summed E-state index contributed by atoms with van der Waals surface area (Å²) in [4.78, 5) is 4.11. The van der Waals surface area contributed by atoms with E-state index in [1.807, 2.05) is 48.5 Å². The quantitative estimate of drug-likeness (QED) is 0.583. The molecule has 0 unspecified atom stereocenters. The first-order valence-electron chi connectivity index (χ1n) is 8.89. The van der Waals surface area contributed by atoms with Crippen molar-refractivity contribution in [2.24, 2.45) is 4.99 Å². The summed E-state index contributed by atoms with van der Waals surface area (Å²) in [5, 5.41) is 0. The molecule has 0 aliphatic carbocycles. The third-order valence-corrected chi connectivity index (χ3v) is 5.17. The molecule has 0 atom stereocenters. The highest BCUT2D eigenvalue weighted by Gasteiger charge is 2.51. The number of rotatable bonds is 6. The van der Waals surface area contributed by atoms with Crippen LogP contribution in [-0.4, -0.2) is 25.0 Å². The minimum absolute atomic E-state index is 0.364. The highest BCUT2D eigenvalue weighted by molar-refractivity contribution is 6.62. The third-order valence-electron chi connectivity index (χ3n) is 5.17. The first-order valence-corrected chi connectivity index (χ1v) is 8.89. The van der Waals surface area contributed by atoms with Gasteiger partial charge in [0.2, 0.25) is 0 Å². The molecule has 0 aromatic heterocycles. The van der Waals surface area contributed by atoms with Crippen LogP contribution in [0.3, 0.4) is 0 Å². The third kappa shape index (κ3) is 3.90. The molecule has 136 valence electrons. The summed E-state index contributed by atoms with van der Waals surface area (Å²) in [5.74, 6) is 0. The molecule has 5 heteroatoms. The monoisotopic (exact) mass is 351 g/mol. The van der Waals surface area contributed by atoms with Crippen LogP contribution in [0.1, 0.15) is 38.8 Å². The van der Waals surface area contributed by atoms with Gasteiger partial charge in [-0.25, -0.2) is 0 Å². The number of ether oxygens (including phenoxy) is 1. The highest BCUT2D eigenvalue weighted by Crippen LogP contribution is 2.36. The molecule has 1 aliphatic rings. The summed E-state index contributed by atoms with van der Waals surface area (Å²) < 4.78 is 18.2. The van der Waals surface area contributed by atoms with Crippen molar-refractivity contribution in [1.29, 1.82) is 0 Å². The van der Waals surface area contributed by atoms with Gasteiger partial charge in [-0.05, 0) is 51.5 Å². The molecule has 0 saturated carbocycles. The van der Waals surface area contributed by atoms with Crippen molar-refractivity contribution in [3.63, 3.8) is 0 Å². The number of nitrogens with zero attached hydrogens (tertiary/aromatic N) is 1. The van der Waals surface area contributed by atoms with Gasteiger partial charge in [0.25, 0.3) is 0 Å². The van der Waals surface area contributed by atoms with E-state index in [9.17, 15) is 0 Å². The molecule has 2 aromatic rings. The molecule has 0 radical (unpaired) electrons. The standard InChI is InChI=1S/C21H26BNO3/c1-20(2)21(3,4)26-22(25-20)18-11-12-19(23-5)17(13-18)15-24-14-16-9-7-6-8-10-16/h6-13H,5,14-15H2,1-4H3. The van der Waals surface area contributed by atoms with Crippen molar-refractivity contribution in [2.45, 2.75) is 52.1 Å². The Kier molecular flexibility index (Phi) is 5.33. The maximum atomic E-state index is 6.14. The van der Waals surface area contributed by atoms with Crippen molar-refractivity contribution < 1.29 is 14.0 Å². The van der Waals surface area contributed by atoms with E-state index >= 15 is 0 Å². The van der Waals surface area contributed by atoms with Gasteiger partial charge in [-0.3, -0.25) is 4.99 Å². The molecule has 0 spiro atoms. The first kappa shape index (κ1) is 18.8. The van der Waals surface area contributed by atoms with E-state index in [0.717, 1.165) is 22.3 Å². The van der Waals surface area contributed by atoms with Gasteiger partial charge < -0.3 is 14.0 Å². The number of hydrogen-bond acceptors (Lipinski definition) is 4. The molecule has 2 aromatic carbocycles. The number of aliphatic imine (C=N–C) groups is 1. The number of hydrogen-bond donors (Lipinski definition) is 0. The van der Waals surface area contributed by atoms with Gasteiger partial charge in [0.1, 0.15) is 0 Å². The van der Waals surface area contributed by atoms with Gasteiger partial charge >= 0.3 is 7.12 Å². The molecular formula is C21H26BNO3. The Morgan fingerprint density at radius 3 is 2.23 bits per heavy atom. The van der Waals surface area contributed by atoms with Crippen molar-refractivity contribution in [2.75, 3.05) is 0 Å². The van der Waals surface area contributed by atoms with Gasteiger partial charge in [-0.15, -0.1) is 0 Å². The molecule has 1 saturated heterocycles. The zero-order valence-corrected chi connectivity index (χ0v) is 16.0. The van der Waals surface area contributed by atoms with Gasteiger partial charge in [0, 0.05) is 5.56 Å². The van der Waals surface area contributed by atoms with E-state index in [2.05, 4.69) is 39.4 Å². The Morgan fingerprint density at radius 2 is 1.62 bits per heavy atom. The van der Waals surface area contributed by atoms with Crippen LogP contribution in [0, 0.1) is 0 Å². The Hall–Kier alpha value is -1.95. The van der Waals surface area contributed by atoms with Crippen LogP contribution in [0.15, 0.2) is 53.5 Å². The fourth-order valence-electron chi connectivity index (χ4n) is 2.85. The van der Waals surface area contributed by atoms with E-state index in [4.69, 9.17) is 14.0 Å². The minimum atomic E-state index is -0.397. The van der Waals surface area contributed by atoms with Crippen LogP contribution in [0.4, 0.5) is 5.69 Å². The lowest BCUT2D eigenvalue weighted by atomic mass is 9.78. The summed E-state index contributed by atoms with van der Waals surface area (Å²) in [6.07, 6.45) is 0. The predicted octanol–water partition coefficient (Wildman–Crippen LogP) is 4.03. The molecule has 0 N–H and O–H groups in total. The summed E-state index contributed by atoms with van der Waals surface area (Å²) in [5.41, 5.74) is 3.17. The first-order chi connectivity index (χ1) is 12.3. The largest absolute Gasteiger partial charge is 0.494 e. The van der Waals surface area contributed by atoms with E-state index in [1.165, 1.54) is 0 Å². The van der Waals surface area contributed by atoms with Crippen molar-refractivity contribution in [3.05, 3.63) is 59.7 Å². The Bertz CT molecular complexity index is 758.